The van der Waals surface area contributed by atoms with Crippen LogP contribution in [0.1, 0.15) is 18.9 Å². The molecular formula is C14H14BrClN3O+. The molecule has 6 heteroatoms. The first-order chi connectivity index (χ1) is 9.56. The van der Waals surface area contributed by atoms with E-state index < -0.39 is 5.60 Å². The number of nitrogens with zero attached hydrogens (tertiary/aromatic N) is 3. The number of rotatable bonds is 2. The van der Waals surface area contributed by atoms with E-state index in [0.29, 0.717) is 11.6 Å². The van der Waals surface area contributed by atoms with Crippen molar-refractivity contribution in [2.75, 3.05) is 0 Å². The molecule has 1 N–H and O–H groups in total. The summed E-state index contributed by atoms with van der Waals surface area (Å²) in [5.74, 6) is 0. The average Bonchev–Trinajstić information content (AvgIpc) is 2.88. The molecule has 0 spiro atoms. The number of benzene rings is 1. The second-order valence-corrected chi connectivity index (χ2v) is 6.03. The van der Waals surface area contributed by atoms with Crippen LogP contribution >= 0.6 is 27.5 Å². The number of hydrogen-bond acceptors (Lipinski definition) is 2. The first-order valence-corrected chi connectivity index (χ1v) is 7.53. The fraction of sp³-hybridized carbons (Fsp3) is 0.286. The number of aromatic nitrogens is 3. The van der Waals surface area contributed by atoms with Crippen LogP contribution in [0.3, 0.4) is 0 Å². The summed E-state index contributed by atoms with van der Waals surface area (Å²) in [4.78, 5) is 4.15. The summed E-state index contributed by atoms with van der Waals surface area (Å²) in [5, 5.41) is 11.8. The molecule has 0 saturated carbocycles. The molecule has 1 unspecified atom stereocenters. The third kappa shape index (κ3) is 2.01. The Morgan fingerprint density at radius 2 is 2.15 bits per heavy atom. The summed E-state index contributed by atoms with van der Waals surface area (Å²) < 4.78 is 4.62. The summed E-state index contributed by atoms with van der Waals surface area (Å²) in [6.07, 6.45) is 4.25. The summed E-state index contributed by atoms with van der Waals surface area (Å²) >= 11 is 9.51. The van der Waals surface area contributed by atoms with Crippen molar-refractivity contribution in [3.8, 4) is 0 Å². The maximum absolute atomic E-state index is 11.2. The molecule has 0 aliphatic carbocycles. The van der Waals surface area contributed by atoms with E-state index >= 15 is 0 Å². The Bertz CT molecular complexity index is 680. The van der Waals surface area contributed by atoms with Crippen LogP contribution in [0.25, 0.3) is 5.70 Å². The van der Waals surface area contributed by atoms with Gasteiger partial charge in [0.05, 0.1) is 10.2 Å². The molecule has 104 valence electrons. The molecule has 0 saturated heterocycles. The lowest BCUT2D eigenvalue weighted by Crippen LogP contribution is -2.55. The largest absolute Gasteiger partial charge is 0.375 e. The SMILES string of the molecule is CCC1=C(Br)C(O)(c2ccc(Cl)cc2)C[n+]2cncn21. The molecule has 2 heterocycles. The molecule has 2 aromatic rings. The molecule has 1 atom stereocenters. The zero-order chi connectivity index (χ0) is 14.3. The van der Waals surface area contributed by atoms with Gasteiger partial charge in [0.1, 0.15) is 6.54 Å². The molecule has 3 rings (SSSR count). The first kappa shape index (κ1) is 13.8. The molecule has 0 amide bonds. The van der Waals surface area contributed by atoms with Gasteiger partial charge in [-0.25, -0.2) is 0 Å². The van der Waals surface area contributed by atoms with E-state index in [1.807, 2.05) is 21.5 Å². The zero-order valence-electron chi connectivity index (χ0n) is 10.9. The van der Waals surface area contributed by atoms with Crippen LogP contribution < -0.4 is 4.68 Å². The Morgan fingerprint density at radius 1 is 1.45 bits per heavy atom. The van der Waals surface area contributed by atoms with Crippen molar-refractivity contribution in [3.05, 3.63) is 52.0 Å². The minimum Gasteiger partial charge on any atom is -0.375 e. The van der Waals surface area contributed by atoms with Crippen molar-refractivity contribution in [1.82, 2.24) is 9.67 Å². The smallest absolute Gasteiger partial charge is 0.307 e. The van der Waals surface area contributed by atoms with E-state index in [1.54, 1.807) is 24.8 Å². The minimum atomic E-state index is -1.10. The molecule has 1 aliphatic heterocycles. The van der Waals surface area contributed by atoms with Gasteiger partial charge in [0.15, 0.2) is 5.60 Å². The Hall–Kier alpha value is -1.17. The van der Waals surface area contributed by atoms with Gasteiger partial charge in [-0.2, -0.15) is 4.68 Å². The molecule has 1 aliphatic rings. The molecule has 1 aromatic heterocycles. The van der Waals surface area contributed by atoms with Crippen molar-refractivity contribution in [1.29, 1.82) is 0 Å². The molecule has 0 radical (unpaired) electrons. The quantitative estimate of drug-likeness (QED) is 0.842. The second-order valence-electron chi connectivity index (χ2n) is 4.80. The number of hydrogen-bond donors (Lipinski definition) is 1. The van der Waals surface area contributed by atoms with Crippen LogP contribution in [-0.4, -0.2) is 14.8 Å². The highest BCUT2D eigenvalue weighted by Crippen LogP contribution is 2.40. The van der Waals surface area contributed by atoms with Gasteiger partial charge in [-0.3, -0.25) is 0 Å². The minimum absolute atomic E-state index is 0.402. The average molecular weight is 356 g/mol. The van der Waals surface area contributed by atoms with Crippen LogP contribution in [0.5, 0.6) is 0 Å². The highest BCUT2D eigenvalue weighted by atomic mass is 79.9. The standard InChI is InChI=1S/C14H14BrClN3O/c1-2-12-13(15)14(20,7-18-8-17-9-19(12)18)10-3-5-11(16)6-4-10/h3-6,8-9,20H,2,7H2,1H3/q+1. The molecule has 0 bridgehead atoms. The third-order valence-corrected chi connectivity index (χ3v) is 4.96. The Balaban J connectivity index is 2.17. The molecule has 1 aromatic carbocycles. The Labute approximate surface area is 130 Å². The molecule has 4 nitrogen and oxygen atoms in total. The zero-order valence-corrected chi connectivity index (χ0v) is 13.3. The van der Waals surface area contributed by atoms with Gasteiger partial charge in [0.2, 0.25) is 6.33 Å². The van der Waals surface area contributed by atoms with Crippen LogP contribution in [-0.2, 0) is 12.1 Å². The van der Waals surface area contributed by atoms with E-state index in [2.05, 4.69) is 27.8 Å². The van der Waals surface area contributed by atoms with E-state index in [1.165, 1.54) is 0 Å². The fourth-order valence-electron chi connectivity index (χ4n) is 2.54. The number of aliphatic hydroxyl groups is 1. The summed E-state index contributed by atoms with van der Waals surface area (Å²) in [6, 6.07) is 7.28. The maximum Gasteiger partial charge on any atom is 0.307 e. The van der Waals surface area contributed by atoms with Crippen molar-refractivity contribution < 1.29 is 9.79 Å². The summed E-state index contributed by atoms with van der Waals surface area (Å²) in [7, 11) is 0. The third-order valence-electron chi connectivity index (χ3n) is 3.59. The van der Waals surface area contributed by atoms with E-state index in [-0.39, 0.29) is 0 Å². The lowest BCUT2D eigenvalue weighted by molar-refractivity contribution is -0.780. The lowest BCUT2D eigenvalue weighted by Gasteiger charge is -2.32. The van der Waals surface area contributed by atoms with Gasteiger partial charge in [0.25, 0.3) is 0 Å². The van der Waals surface area contributed by atoms with Crippen molar-refractivity contribution >= 4 is 33.2 Å². The van der Waals surface area contributed by atoms with Gasteiger partial charge < -0.3 is 5.11 Å². The van der Waals surface area contributed by atoms with Crippen LogP contribution in [0.15, 0.2) is 41.4 Å². The van der Waals surface area contributed by atoms with Gasteiger partial charge >= 0.3 is 6.33 Å². The van der Waals surface area contributed by atoms with Gasteiger partial charge in [-0.1, -0.05) is 30.7 Å². The van der Waals surface area contributed by atoms with Crippen molar-refractivity contribution in [2.24, 2.45) is 0 Å². The Kier molecular flexibility index (Phi) is 3.44. The van der Waals surface area contributed by atoms with Crippen molar-refractivity contribution in [2.45, 2.75) is 25.5 Å². The monoisotopic (exact) mass is 354 g/mol. The number of halogens is 2. The Morgan fingerprint density at radius 3 is 2.80 bits per heavy atom. The van der Waals surface area contributed by atoms with E-state index in [4.69, 9.17) is 11.6 Å². The van der Waals surface area contributed by atoms with Crippen LogP contribution in [0.2, 0.25) is 5.02 Å². The van der Waals surface area contributed by atoms with Gasteiger partial charge in [-0.05, 0) is 45.0 Å². The van der Waals surface area contributed by atoms with Crippen molar-refractivity contribution in [3.63, 3.8) is 0 Å². The highest BCUT2D eigenvalue weighted by Gasteiger charge is 2.42. The molecule has 20 heavy (non-hydrogen) atoms. The fourth-order valence-corrected chi connectivity index (χ4v) is 3.48. The van der Waals surface area contributed by atoms with Gasteiger partial charge in [-0.15, -0.1) is 4.68 Å². The van der Waals surface area contributed by atoms with E-state index in [9.17, 15) is 5.11 Å². The second kappa shape index (κ2) is 4.98. The number of allylic oxidation sites excluding steroid dienone is 1. The maximum atomic E-state index is 11.2. The molecule has 0 fully saturated rings. The van der Waals surface area contributed by atoms with E-state index in [0.717, 1.165) is 22.2 Å². The predicted octanol–water partition coefficient (Wildman–Crippen LogP) is 2.70. The van der Waals surface area contributed by atoms with Gasteiger partial charge in [0, 0.05) is 5.02 Å². The normalized spacial score (nSPS) is 22.0. The lowest BCUT2D eigenvalue weighted by atomic mass is 9.91. The highest BCUT2D eigenvalue weighted by molar-refractivity contribution is 9.11. The topological polar surface area (TPSA) is 41.9 Å². The summed E-state index contributed by atoms with van der Waals surface area (Å²) in [6.45, 7) is 2.45. The first-order valence-electron chi connectivity index (χ1n) is 6.36. The van der Waals surface area contributed by atoms with Crippen LogP contribution in [0.4, 0.5) is 0 Å². The summed E-state index contributed by atoms with van der Waals surface area (Å²) in [5.41, 5.74) is 0.697. The predicted molar refractivity (Wildman–Crippen MR) is 80.2 cm³/mol. The van der Waals surface area contributed by atoms with Crippen LogP contribution in [0, 0.1) is 0 Å². The molecular weight excluding hydrogens is 342 g/mol. The number of fused-ring (bicyclic) bond motifs is 1.